The summed E-state index contributed by atoms with van der Waals surface area (Å²) in [4.78, 5) is 0. The highest BCUT2D eigenvalue weighted by molar-refractivity contribution is 9.10. The van der Waals surface area contributed by atoms with E-state index < -0.39 is 11.6 Å². The van der Waals surface area contributed by atoms with Crippen LogP contribution in [0.1, 0.15) is 5.56 Å². The molecule has 0 radical (unpaired) electrons. The van der Waals surface area contributed by atoms with Gasteiger partial charge in [0.1, 0.15) is 5.75 Å². The Morgan fingerprint density at radius 1 is 1.06 bits per heavy atom. The third-order valence-corrected chi connectivity index (χ3v) is 3.06. The lowest BCUT2D eigenvalue weighted by atomic mass is 10.2. The van der Waals surface area contributed by atoms with Gasteiger partial charge >= 0.3 is 0 Å². The van der Waals surface area contributed by atoms with E-state index in [1.807, 2.05) is 0 Å². The molecule has 0 unspecified atom stereocenters. The van der Waals surface area contributed by atoms with Crippen LogP contribution in [0.25, 0.3) is 0 Å². The maximum absolute atomic E-state index is 13.0. The van der Waals surface area contributed by atoms with Crippen molar-refractivity contribution in [3.63, 3.8) is 0 Å². The van der Waals surface area contributed by atoms with Crippen LogP contribution in [0.4, 0.5) is 14.5 Å². The van der Waals surface area contributed by atoms with Crippen LogP contribution >= 0.6 is 15.9 Å². The first-order valence-electron chi connectivity index (χ1n) is 5.22. The second-order valence-electron chi connectivity index (χ2n) is 3.77. The van der Waals surface area contributed by atoms with Crippen molar-refractivity contribution in [1.82, 2.24) is 0 Å². The monoisotopic (exact) mass is 313 g/mol. The van der Waals surface area contributed by atoms with Crippen LogP contribution in [-0.2, 0) is 6.54 Å². The maximum atomic E-state index is 13.0. The van der Waals surface area contributed by atoms with Crippen LogP contribution in [0, 0.1) is 11.6 Å². The van der Waals surface area contributed by atoms with Crippen LogP contribution in [0.3, 0.4) is 0 Å². The first kappa shape index (κ1) is 12.8. The van der Waals surface area contributed by atoms with Gasteiger partial charge < -0.3 is 10.4 Å². The topological polar surface area (TPSA) is 32.3 Å². The molecule has 0 amide bonds. The van der Waals surface area contributed by atoms with Crippen molar-refractivity contribution in [2.24, 2.45) is 0 Å². The molecular formula is C13H10BrF2NO. The predicted molar refractivity (Wildman–Crippen MR) is 69.5 cm³/mol. The SMILES string of the molecule is Oc1ccc(CNc2ccc(F)c(F)c2)cc1Br. The molecule has 2 aromatic rings. The molecule has 2 N–H and O–H groups in total. The van der Waals surface area contributed by atoms with Gasteiger partial charge in [-0.25, -0.2) is 8.78 Å². The third-order valence-electron chi connectivity index (χ3n) is 2.43. The molecule has 0 aliphatic carbocycles. The van der Waals surface area contributed by atoms with Crippen LogP contribution < -0.4 is 5.32 Å². The molecule has 0 spiro atoms. The number of phenolic OH excluding ortho intramolecular Hbond substituents is 1. The van der Waals surface area contributed by atoms with Crippen molar-refractivity contribution < 1.29 is 13.9 Å². The molecule has 0 aliphatic heterocycles. The number of nitrogens with one attached hydrogen (secondary N) is 1. The van der Waals surface area contributed by atoms with Gasteiger partial charge in [-0.3, -0.25) is 0 Å². The summed E-state index contributed by atoms with van der Waals surface area (Å²) in [5.74, 6) is -1.59. The Bertz CT molecular complexity index is 523. The minimum Gasteiger partial charge on any atom is -0.507 e. The zero-order chi connectivity index (χ0) is 13.1. The van der Waals surface area contributed by atoms with Gasteiger partial charge in [0.2, 0.25) is 0 Å². The number of aromatic hydroxyl groups is 1. The Kier molecular flexibility index (Phi) is 3.81. The number of anilines is 1. The fourth-order valence-corrected chi connectivity index (χ4v) is 1.90. The molecule has 2 rings (SSSR count). The Labute approximate surface area is 111 Å². The molecule has 0 saturated carbocycles. The van der Waals surface area contributed by atoms with Crippen LogP contribution in [0.2, 0.25) is 0 Å². The molecule has 0 aliphatic rings. The summed E-state index contributed by atoms with van der Waals surface area (Å²) in [6, 6.07) is 8.70. The summed E-state index contributed by atoms with van der Waals surface area (Å²) < 4.78 is 26.3. The van der Waals surface area contributed by atoms with E-state index in [0.29, 0.717) is 16.7 Å². The van der Waals surface area contributed by atoms with Crippen molar-refractivity contribution in [2.45, 2.75) is 6.54 Å². The molecule has 2 aromatic carbocycles. The van der Waals surface area contributed by atoms with Gasteiger partial charge in [0.15, 0.2) is 11.6 Å². The van der Waals surface area contributed by atoms with Gasteiger partial charge in [-0.1, -0.05) is 6.07 Å². The van der Waals surface area contributed by atoms with E-state index in [2.05, 4.69) is 21.2 Å². The van der Waals surface area contributed by atoms with Gasteiger partial charge in [-0.15, -0.1) is 0 Å². The number of hydrogen-bond donors (Lipinski definition) is 2. The second-order valence-corrected chi connectivity index (χ2v) is 4.62. The summed E-state index contributed by atoms with van der Waals surface area (Å²) in [5.41, 5.74) is 1.41. The van der Waals surface area contributed by atoms with Crippen molar-refractivity contribution in [1.29, 1.82) is 0 Å². The van der Waals surface area contributed by atoms with Crippen molar-refractivity contribution >= 4 is 21.6 Å². The molecular weight excluding hydrogens is 304 g/mol. The predicted octanol–water partition coefficient (Wildman–Crippen LogP) is 4.05. The van der Waals surface area contributed by atoms with E-state index >= 15 is 0 Å². The van der Waals surface area contributed by atoms with Crippen LogP contribution in [-0.4, -0.2) is 5.11 Å². The molecule has 0 saturated heterocycles. The van der Waals surface area contributed by atoms with Gasteiger partial charge in [-0.2, -0.15) is 0 Å². The van der Waals surface area contributed by atoms with Crippen molar-refractivity contribution in [2.75, 3.05) is 5.32 Å². The molecule has 0 bridgehead atoms. The molecule has 0 aromatic heterocycles. The highest BCUT2D eigenvalue weighted by atomic mass is 79.9. The smallest absolute Gasteiger partial charge is 0.160 e. The molecule has 94 valence electrons. The summed E-state index contributed by atoms with van der Waals surface area (Å²) >= 11 is 3.21. The highest BCUT2D eigenvalue weighted by Gasteiger charge is 2.03. The highest BCUT2D eigenvalue weighted by Crippen LogP contribution is 2.24. The van der Waals surface area contributed by atoms with Gasteiger partial charge in [0.05, 0.1) is 4.47 Å². The zero-order valence-corrected chi connectivity index (χ0v) is 10.8. The lowest BCUT2D eigenvalue weighted by Crippen LogP contribution is -2.00. The van der Waals surface area contributed by atoms with E-state index in [-0.39, 0.29) is 5.75 Å². The molecule has 0 fully saturated rings. The maximum Gasteiger partial charge on any atom is 0.160 e. The fourth-order valence-electron chi connectivity index (χ4n) is 1.47. The standard InChI is InChI=1S/C13H10BrF2NO/c14-10-5-8(1-4-13(10)18)7-17-9-2-3-11(15)12(16)6-9/h1-6,17-18H,7H2. The van der Waals surface area contributed by atoms with E-state index in [9.17, 15) is 13.9 Å². The van der Waals surface area contributed by atoms with Gasteiger partial charge in [0, 0.05) is 18.3 Å². The number of rotatable bonds is 3. The van der Waals surface area contributed by atoms with Gasteiger partial charge in [0.25, 0.3) is 0 Å². The Hall–Kier alpha value is -1.62. The number of halogens is 3. The lowest BCUT2D eigenvalue weighted by molar-refractivity contribution is 0.471. The van der Waals surface area contributed by atoms with Gasteiger partial charge in [-0.05, 0) is 45.8 Å². The van der Waals surface area contributed by atoms with E-state index in [1.54, 1.807) is 18.2 Å². The summed E-state index contributed by atoms with van der Waals surface area (Å²) in [6.07, 6.45) is 0. The average molecular weight is 314 g/mol. The zero-order valence-electron chi connectivity index (χ0n) is 9.25. The Morgan fingerprint density at radius 3 is 2.50 bits per heavy atom. The van der Waals surface area contributed by atoms with Crippen molar-refractivity contribution in [3.05, 3.63) is 58.1 Å². The average Bonchev–Trinajstić information content (AvgIpc) is 2.35. The number of phenols is 1. The lowest BCUT2D eigenvalue weighted by Gasteiger charge is -2.08. The normalized spacial score (nSPS) is 10.4. The van der Waals surface area contributed by atoms with Crippen LogP contribution in [0.5, 0.6) is 5.75 Å². The Balaban J connectivity index is 2.06. The van der Waals surface area contributed by atoms with Crippen LogP contribution in [0.15, 0.2) is 40.9 Å². The summed E-state index contributed by atoms with van der Waals surface area (Å²) in [6.45, 7) is 0.448. The van der Waals surface area contributed by atoms with Crippen molar-refractivity contribution in [3.8, 4) is 5.75 Å². The number of benzene rings is 2. The third kappa shape index (κ3) is 2.98. The molecule has 5 heteroatoms. The number of hydrogen-bond acceptors (Lipinski definition) is 2. The molecule has 0 atom stereocenters. The molecule has 2 nitrogen and oxygen atoms in total. The molecule has 18 heavy (non-hydrogen) atoms. The summed E-state index contributed by atoms with van der Waals surface area (Å²) in [5, 5.41) is 12.3. The van der Waals surface area contributed by atoms with E-state index in [0.717, 1.165) is 17.7 Å². The van der Waals surface area contributed by atoms with E-state index in [4.69, 9.17) is 0 Å². The fraction of sp³-hybridized carbons (Fsp3) is 0.0769. The minimum absolute atomic E-state index is 0.159. The summed E-state index contributed by atoms with van der Waals surface area (Å²) in [7, 11) is 0. The largest absolute Gasteiger partial charge is 0.507 e. The Morgan fingerprint density at radius 2 is 1.83 bits per heavy atom. The molecule has 0 heterocycles. The quantitative estimate of drug-likeness (QED) is 0.896. The first-order chi connectivity index (χ1) is 8.56. The minimum atomic E-state index is -0.883. The first-order valence-corrected chi connectivity index (χ1v) is 6.02. The second kappa shape index (κ2) is 5.35. The van der Waals surface area contributed by atoms with E-state index in [1.165, 1.54) is 6.07 Å².